The molecule has 27 heavy (non-hydrogen) atoms. The topological polar surface area (TPSA) is 53.8 Å². The van der Waals surface area contributed by atoms with Gasteiger partial charge in [-0.1, -0.05) is 18.2 Å². The number of rotatable bonds is 4. The summed E-state index contributed by atoms with van der Waals surface area (Å²) in [6, 6.07) is 14.3. The van der Waals surface area contributed by atoms with Crippen molar-refractivity contribution in [1.82, 2.24) is 9.55 Å². The molecule has 0 saturated carbocycles. The number of hydrogen-bond acceptors (Lipinski definition) is 5. The summed E-state index contributed by atoms with van der Waals surface area (Å²) in [6.45, 7) is 3.32. The van der Waals surface area contributed by atoms with E-state index in [2.05, 4.69) is 53.1 Å². The Morgan fingerprint density at radius 3 is 2.56 bits per heavy atom. The second-order valence-electron chi connectivity index (χ2n) is 7.03. The van der Waals surface area contributed by atoms with Crippen molar-refractivity contribution >= 4 is 11.6 Å². The van der Waals surface area contributed by atoms with E-state index in [1.807, 2.05) is 29.7 Å². The van der Waals surface area contributed by atoms with Crippen molar-refractivity contribution in [3.05, 3.63) is 59.3 Å². The number of aromatic nitrogens is 2. The Labute approximate surface area is 159 Å². The molecule has 1 aliphatic rings. The lowest BCUT2D eigenvalue weighted by Gasteiger charge is -2.33. The van der Waals surface area contributed by atoms with Crippen LogP contribution in [-0.2, 0) is 13.1 Å². The van der Waals surface area contributed by atoms with Gasteiger partial charge in [-0.2, -0.15) is 4.98 Å². The van der Waals surface area contributed by atoms with Crippen LogP contribution >= 0.6 is 0 Å². The van der Waals surface area contributed by atoms with Gasteiger partial charge in [0.15, 0.2) is 0 Å². The average Bonchev–Trinajstić information content (AvgIpc) is 2.97. The minimum Gasteiger partial charge on any atom is -0.497 e. The first-order chi connectivity index (χ1) is 13.0. The van der Waals surface area contributed by atoms with E-state index in [9.17, 15) is 5.11 Å². The molecule has 0 amide bonds. The molecule has 3 aromatic rings. The maximum Gasteiger partial charge on any atom is 0.234 e. The van der Waals surface area contributed by atoms with E-state index in [0.717, 1.165) is 35.2 Å². The van der Waals surface area contributed by atoms with E-state index in [4.69, 9.17) is 4.74 Å². The fraction of sp³-hybridized carbons (Fsp3) is 0.286. The molecule has 0 bridgehead atoms. The van der Waals surface area contributed by atoms with Crippen LogP contribution in [0.5, 0.6) is 11.6 Å². The van der Waals surface area contributed by atoms with E-state index in [1.165, 1.54) is 11.3 Å². The van der Waals surface area contributed by atoms with Crippen molar-refractivity contribution in [2.24, 2.45) is 0 Å². The molecule has 2 heterocycles. The van der Waals surface area contributed by atoms with Gasteiger partial charge in [0.1, 0.15) is 5.75 Å². The first-order valence-electron chi connectivity index (χ1n) is 8.95. The lowest BCUT2D eigenvalue weighted by molar-refractivity contribution is 0.414. The number of ether oxygens (including phenoxy) is 1. The highest BCUT2D eigenvalue weighted by Gasteiger charge is 2.29. The van der Waals surface area contributed by atoms with Crippen LogP contribution in [0.4, 0.5) is 11.6 Å². The fourth-order valence-electron chi connectivity index (χ4n) is 3.67. The Morgan fingerprint density at radius 1 is 1.15 bits per heavy atom. The summed E-state index contributed by atoms with van der Waals surface area (Å²) >= 11 is 0. The number of anilines is 2. The predicted molar refractivity (Wildman–Crippen MR) is 107 cm³/mol. The molecular formula is C21H24N4O2. The van der Waals surface area contributed by atoms with E-state index >= 15 is 0 Å². The lowest BCUT2D eigenvalue weighted by Crippen LogP contribution is -2.31. The normalized spacial score (nSPS) is 12.5. The number of imidazole rings is 1. The number of methoxy groups -OCH3 is 1. The second kappa shape index (κ2) is 6.54. The average molecular weight is 364 g/mol. The van der Waals surface area contributed by atoms with E-state index < -0.39 is 0 Å². The molecule has 0 atom stereocenters. The zero-order chi connectivity index (χ0) is 19.1. The third-order valence-corrected chi connectivity index (χ3v) is 5.08. The summed E-state index contributed by atoms with van der Waals surface area (Å²) in [6.07, 6.45) is 0. The summed E-state index contributed by atoms with van der Waals surface area (Å²) in [5, 5.41) is 10.3. The monoisotopic (exact) mass is 364 g/mol. The summed E-state index contributed by atoms with van der Waals surface area (Å²) in [5.74, 6) is 1.68. The van der Waals surface area contributed by atoms with Crippen LogP contribution in [0, 0.1) is 6.92 Å². The van der Waals surface area contributed by atoms with Gasteiger partial charge in [-0.25, -0.2) is 0 Å². The van der Waals surface area contributed by atoms with Crippen LogP contribution < -0.4 is 14.5 Å². The maximum absolute atomic E-state index is 10.3. The molecule has 0 saturated heterocycles. The smallest absolute Gasteiger partial charge is 0.234 e. The lowest BCUT2D eigenvalue weighted by atomic mass is 10.1. The van der Waals surface area contributed by atoms with Crippen molar-refractivity contribution in [3.8, 4) is 17.3 Å². The third-order valence-electron chi connectivity index (χ3n) is 5.08. The number of hydrogen-bond donors (Lipinski definition) is 1. The molecule has 140 valence electrons. The highest BCUT2D eigenvalue weighted by atomic mass is 16.5. The van der Waals surface area contributed by atoms with Crippen molar-refractivity contribution in [3.63, 3.8) is 0 Å². The number of benzene rings is 2. The van der Waals surface area contributed by atoms with Crippen molar-refractivity contribution in [2.75, 3.05) is 31.0 Å². The Balaban J connectivity index is 1.80. The number of aromatic hydroxyl groups is 1. The molecule has 6 nitrogen and oxygen atoms in total. The van der Waals surface area contributed by atoms with Crippen LogP contribution in [0.25, 0.3) is 5.69 Å². The largest absolute Gasteiger partial charge is 0.497 e. The molecule has 1 N–H and O–H groups in total. The summed E-state index contributed by atoms with van der Waals surface area (Å²) in [4.78, 5) is 8.77. The SMILES string of the molecule is COc1ccc(CN2Cc3c(N(C)C)cccc3-n3c2nc(O)c3C)cc1. The predicted octanol–water partition coefficient (Wildman–Crippen LogP) is 3.48. The van der Waals surface area contributed by atoms with Gasteiger partial charge in [0.2, 0.25) is 11.8 Å². The standard InChI is InChI=1S/C21H24N4O2/c1-14-20(26)22-21-24(12-15-8-10-16(27-4)11-9-15)13-17-18(23(2)3)6-5-7-19(17)25(14)21/h5-11,26H,12-13H2,1-4H3. The van der Waals surface area contributed by atoms with Crippen LogP contribution in [-0.4, -0.2) is 35.9 Å². The quantitative estimate of drug-likeness (QED) is 0.768. The van der Waals surface area contributed by atoms with E-state index in [0.29, 0.717) is 6.54 Å². The van der Waals surface area contributed by atoms with Crippen LogP contribution in [0.3, 0.4) is 0 Å². The maximum atomic E-state index is 10.3. The molecule has 0 fully saturated rings. The highest BCUT2D eigenvalue weighted by Crippen LogP contribution is 2.39. The molecule has 0 radical (unpaired) electrons. The van der Waals surface area contributed by atoms with Crippen LogP contribution in [0.2, 0.25) is 0 Å². The van der Waals surface area contributed by atoms with Gasteiger partial charge in [0.25, 0.3) is 0 Å². The molecule has 0 unspecified atom stereocenters. The minimum absolute atomic E-state index is 0.0767. The third kappa shape index (κ3) is 2.87. The molecule has 1 aromatic heterocycles. The molecular weight excluding hydrogens is 340 g/mol. The van der Waals surface area contributed by atoms with Crippen molar-refractivity contribution < 1.29 is 9.84 Å². The summed E-state index contributed by atoms with van der Waals surface area (Å²) in [7, 11) is 5.77. The van der Waals surface area contributed by atoms with Gasteiger partial charge < -0.3 is 19.6 Å². The van der Waals surface area contributed by atoms with Gasteiger partial charge in [-0.05, 0) is 36.8 Å². The molecule has 0 aliphatic carbocycles. The van der Waals surface area contributed by atoms with Crippen molar-refractivity contribution in [1.29, 1.82) is 0 Å². The molecule has 1 aliphatic heterocycles. The number of fused-ring (bicyclic) bond motifs is 3. The zero-order valence-corrected chi connectivity index (χ0v) is 16.1. The Kier molecular flexibility index (Phi) is 4.18. The first kappa shape index (κ1) is 17.3. The fourth-order valence-corrected chi connectivity index (χ4v) is 3.67. The van der Waals surface area contributed by atoms with Gasteiger partial charge in [0.05, 0.1) is 25.0 Å². The van der Waals surface area contributed by atoms with Gasteiger partial charge in [-0.3, -0.25) is 4.57 Å². The summed E-state index contributed by atoms with van der Waals surface area (Å²) in [5.41, 5.74) is 5.39. The van der Waals surface area contributed by atoms with Crippen LogP contribution in [0.15, 0.2) is 42.5 Å². The summed E-state index contributed by atoms with van der Waals surface area (Å²) < 4.78 is 7.30. The minimum atomic E-state index is 0.0767. The van der Waals surface area contributed by atoms with Gasteiger partial charge >= 0.3 is 0 Å². The van der Waals surface area contributed by atoms with Crippen molar-refractivity contribution in [2.45, 2.75) is 20.0 Å². The Hall–Kier alpha value is -3.15. The Bertz CT molecular complexity index is 977. The molecule has 4 rings (SSSR count). The molecule has 6 heteroatoms. The second-order valence-corrected chi connectivity index (χ2v) is 7.03. The van der Waals surface area contributed by atoms with Gasteiger partial charge in [0, 0.05) is 31.9 Å². The van der Waals surface area contributed by atoms with Gasteiger partial charge in [-0.15, -0.1) is 0 Å². The van der Waals surface area contributed by atoms with E-state index in [1.54, 1.807) is 7.11 Å². The highest BCUT2D eigenvalue weighted by molar-refractivity contribution is 5.68. The van der Waals surface area contributed by atoms with Crippen LogP contribution in [0.1, 0.15) is 16.8 Å². The number of nitrogens with zero attached hydrogens (tertiary/aromatic N) is 4. The Morgan fingerprint density at radius 2 is 1.89 bits per heavy atom. The first-order valence-corrected chi connectivity index (χ1v) is 8.95. The molecule has 0 spiro atoms. The van der Waals surface area contributed by atoms with E-state index in [-0.39, 0.29) is 5.88 Å². The molecule has 2 aromatic carbocycles. The zero-order valence-electron chi connectivity index (χ0n) is 16.1.